The van der Waals surface area contributed by atoms with E-state index in [1.165, 1.54) is 46.8 Å². The molecule has 0 spiro atoms. The highest BCUT2D eigenvalue weighted by Gasteiger charge is 2.32. The molecule has 0 radical (unpaired) electrons. The highest BCUT2D eigenvalue weighted by Crippen LogP contribution is 2.26. The second-order valence-corrected chi connectivity index (χ2v) is 9.52. The first kappa shape index (κ1) is 22.7. The molecule has 31 heavy (non-hydrogen) atoms. The summed E-state index contributed by atoms with van der Waals surface area (Å²) in [6, 6.07) is 9.86. The maximum atomic E-state index is 12.8. The first-order valence-electron chi connectivity index (χ1n) is 9.39. The van der Waals surface area contributed by atoms with Crippen molar-refractivity contribution in [2.75, 3.05) is 18.4 Å². The van der Waals surface area contributed by atoms with Crippen molar-refractivity contribution < 1.29 is 22.8 Å². The van der Waals surface area contributed by atoms with E-state index in [0.717, 1.165) is 0 Å². The van der Waals surface area contributed by atoms with Gasteiger partial charge in [0, 0.05) is 40.8 Å². The van der Waals surface area contributed by atoms with Gasteiger partial charge in [0.05, 0.1) is 4.90 Å². The first-order valence-corrected chi connectivity index (χ1v) is 11.2. The molecule has 0 aliphatic carbocycles. The molecule has 0 saturated carbocycles. The molecule has 0 unspecified atom stereocenters. The second-order valence-electron chi connectivity index (χ2n) is 7.15. The fourth-order valence-corrected chi connectivity index (χ4v) is 4.94. The summed E-state index contributed by atoms with van der Waals surface area (Å²) in [5, 5.41) is 3.10. The van der Waals surface area contributed by atoms with Crippen LogP contribution in [0.5, 0.6) is 0 Å². The van der Waals surface area contributed by atoms with Crippen LogP contribution in [0.1, 0.15) is 33.6 Å². The van der Waals surface area contributed by atoms with Gasteiger partial charge in [-0.3, -0.25) is 14.4 Å². The monoisotopic (exact) mass is 464 g/mol. The Morgan fingerprint density at radius 3 is 1.94 bits per heavy atom. The molecule has 2 aromatic rings. The summed E-state index contributed by atoms with van der Waals surface area (Å²) in [6.07, 6.45) is 0.633. The zero-order valence-corrected chi connectivity index (χ0v) is 17.9. The van der Waals surface area contributed by atoms with E-state index < -0.39 is 27.8 Å². The Bertz CT molecular complexity index is 1090. The lowest BCUT2D eigenvalue weighted by atomic mass is 9.97. The Morgan fingerprint density at radius 1 is 0.935 bits per heavy atom. The van der Waals surface area contributed by atoms with Gasteiger partial charge in [-0.25, -0.2) is 8.42 Å². The number of rotatable bonds is 6. The highest BCUT2D eigenvalue weighted by molar-refractivity contribution is 7.89. The van der Waals surface area contributed by atoms with Crippen molar-refractivity contribution >= 4 is 45.0 Å². The third-order valence-electron chi connectivity index (χ3n) is 5.05. The number of carbonyl (C=O) groups is 3. The van der Waals surface area contributed by atoms with Crippen molar-refractivity contribution in [3.8, 4) is 0 Å². The van der Waals surface area contributed by atoms with Crippen molar-refractivity contribution in [2.24, 2.45) is 17.4 Å². The van der Waals surface area contributed by atoms with Gasteiger partial charge in [-0.05, 0) is 55.3 Å². The standard InChI is InChI=1S/C20H21ClN4O5S/c21-15-1-3-17(4-2-15)31(29,30)25-7-5-12(6-8-25)20(28)24-16-10-13(18(22)26)9-14(11-16)19(23)27/h1-4,9-12H,5-8H2,(H2,22,26)(H2,23,27)(H,24,28). The third kappa shape index (κ3) is 5.22. The van der Waals surface area contributed by atoms with Gasteiger partial charge in [0.15, 0.2) is 0 Å². The molecule has 1 heterocycles. The molecule has 5 N–H and O–H groups in total. The number of carbonyl (C=O) groups excluding carboxylic acids is 3. The molecule has 0 atom stereocenters. The molecule has 0 bridgehead atoms. The molecule has 1 aliphatic rings. The Balaban J connectivity index is 1.67. The second kappa shape index (κ2) is 9.04. The maximum absolute atomic E-state index is 12.8. The topological polar surface area (TPSA) is 153 Å². The Hall–Kier alpha value is -2.95. The highest BCUT2D eigenvalue weighted by atomic mass is 35.5. The van der Waals surface area contributed by atoms with Crippen LogP contribution in [0.15, 0.2) is 47.4 Å². The zero-order valence-electron chi connectivity index (χ0n) is 16.4. The van der Waals surface area contributed by atoms with Crippen LogP contribution in [-0.2, 0) is 14.8 Å². The molecule has 2 aromatic carbocycles. The van der Waals surface area contributed by atoms with Crippen LogP contribution in [-0.4, -0.2) is 43.5 Å². The fraction of sp³-hybridized carbons (Fsp3) is 0.250. The van der Waals surface area contributed by atoms with E-state index in [4.69, 9.17) is 23.1 Å². The number of anilines is 1. The van der Waals surface area contributed by atoms with E-state index in [9.17, 15) is 22.8 Å². The fourth-order valence-electron chi connectivity index (χ4n) is 3.34. The van der Waals surface area contributed by atoms with Gasteiger partial charge in [-0.15, -0.1) is 0 Å². The number of benzene rings is 2. The number of hydrogen-bond donors (Lipinski definition) is 3. The van der Waals surface area contributed by atoms with Gasteiger partial charge in [0.25, 0.3) is 0 Å². The summed E-state index contributed by atoms with van der Waals surface area (Å²) in [6.45, 7) is 0.355. The number of sulfonamides is 1. The number of nitrogens with two attached hydrogens (primary N) is 2. The van der Waals surface area contributed by atoms with Gasteiger partial charge in [-0.2, -0.15) is 4.31 Å². The summed E-state index contributed by atoms with van der Waals surface area (Å²) >= 11 is 5.82. The zero-order chi connectivity index (χ0) is 22.8. The van der Waals surface area contributed by atoms with E-state index in [2.05, 4.69) is 5.32 Å². The van der Waals surface area contributed by atoms with E-state index in [-0.39, 0.29) is 40.7 Å². The van der Waals surface area contributed by atoms with Crippen LogP contribution in [0.3, 0.4) is 0 Å². The van der Waals surface area contributed by atoms with Crippen LogP contribution in [0.25, 0.3) is 0 Å². The molecule has 1 saturated heterocycles. The Kier molecular flexibility index (Phi) is 6.63. The largest absolute Gasteiger partial charge is 0.366 e. The molecular formula is C20H21ClN4O5S. The SMILES string of the molecule is NC(=O)c1cc(NC(=O)C2CCN(S(=O)(=O)c3ccc(Cl)cc3)CC2)cc(C(N)=O)c1. The van der Waals surface area contributed by atoms with Crippen molar-refractivity contribution in [3.05, 3.63) is 58.6 Å². The summed E-state index contributed by atoms with van der Waals surface area (Å²) in [4.78, 5) is 35.7. The van der Waals surface area contributed by atoms with Crippen LogP contribution < -0.4 is 16.8 Å². The summed E-state index contributed by atoms with van der Waals surface area (Å²) in [5.41, 5.74) is 10.8. The Labute approximate surface area is 184 Å². The number of nitrogens with one attached hydrogen (secondary N) is 1. The molecular weight excluding hydrogens is 444 g/mol. The number of piperidine rings is 1. The number of primary amides is 2. The van der Waals surface area contributed by atoms with Crippen molar-refractivity contribution in [2.45, 2.75) is 17.7 Å². The van der Waals surface area contributed by atoms with Crippen LogP contribution >= 0.6 is 11.6 Å². The van der Waals surface area contributed by atoms with Gasteiger partial charge in [0.2, 0.25) is 27.7 Å². The minimum absolute atomic E-state index is 0.0375. The number of halogens is 1. The quantitative estimate of drug-likeness (QED) is 0.592. The van der Waals surface area contributed by atoms with E-state index in [0.29, 0.717) is 17.9 Å². The molecule has 3 rings (SSSR count). The summed E-state index contributed by atoms with van der Waals surface area (Å²) < 4.78 is 26.9. The molecule has 9 nitrogen and oxygen atoms in total. The van der Waals surface area contributed by atoms with E-state index in [1.807, 2.05) is 0 Å². The smallest absolute Gasteiger partial charge is 0.248 e. The molecule has 11 heteroatoms. The molecule has 3 amide bonds. The van der Waals surface area contributed by atoms with Crippen molar-refractivity contribution in [1.82, 2.24) is 4.31 Å². The number of amides is 3. The number of hydrogen-bond acceptors (Lipinski definition) is 5. The number of nitrogens with zero attached hydrogens (tertiary/aromatic N) is 1. The van der Waals surface area contributed by atoms with Crippen molar-refractivity contribution in [1.29, 1.82) is 0 Å². The molecule has 1 fully saturated rings. The predicted octanol–water partition coefficient (Wildman–Crippen LogP) is 1.58. The van der Waals surface area contributed by atoms with Gasteiger partial charge in [-0.1, -0.05) is 11.6 Å². The third-order valence-corrected chi connectivity index (χ3v) is 7.21. The van der Waals surface area contributed by atoms with Crippen LogP contribution in [0.4, 0.5) is 5.69 Å². The predicted molar refractivity (Wildman–Crippen MR) is 115 cm³/mol. The van der Waals surface area contributed by atoms with Crippen LogP contribution in [0, 0.1) is 5.92 Å². The van der Waals surface area contributed by atoms with Gasteiger partial charge in [0.1, 0.15) is 0 Å². The molecule has 0 aromatic heterocycles. The van der Waals surface area contributed by atoms with Crippen molar-refractivity contribution in [3.63, 3.8) is 0 Å². The van der Waals surface area contributed by atoms with Gasteiger partial charge < -0.3 is 16.8 Å². The normalized spacial score (nSPS) is 15.4. The average molecular weight is 465 g/mol. The van der Waals surface area contributed by atoms with E-state index >= 15 is 0 Å². The molecule has 1 aliphatic heterocycles. The lowest BCUT2D eigenvalue weighted by Gasteiger charge is -2.30. The van der Waals surface area contributed by atoms with Crippen LogP contribution in [0.2, 0.25) is 5.02 Å². The lowest BCUT2D eigenvalue weighted by Crippen LogP contribution is -2.41. The minimum Gasteiger partial charge on any atom is -0.366 e. The maximum Gasteiger partial charge on any atom is 0.248 e. The lowest BCUT2D eigenvalue weighted by molar-refractivity contribution is -0.120. The average Bonchev–Trinajstić information content (AvgIpc) is 2.73. The minimum atomic E-state index is -3.68. The Morgan fingerprint density at radius 2 is 1.45 bits per heavy atom. The van der Waals surface area contributed by atoms with Gasteiger partial charge >= 0.3 is 0 Å². The van der Waals surface area contributed by atoms with E-state index in [1.54, 1.807) is 0 Å². The summed E-state index contributed by atoms with van der Waals surface area (Å²) in [5.74, 6) is -2.31. The summed E-state index contributed by atoms with van der Waals surface area (Å²) in [7, 11) is -3.68. The molecule has 164 valence electrons. The first-order chi connectivity index (χ1) is 14.6.